The van der Waals surface area contributed by atoms with Crippen LogP contribution in [-0.2, 0) is 11.2 Å². The molecule has 2 unspecified atom stereocenters. The zero-order valence-corrected chi connectivity index (χ0v) is 19.7. The lowest BCUT2D eigenvalue weighted by Gasteiger charge is -2.32. The van der Waals surface area contributed by atoms with Crippen LogP contribution in [0.5, 0.6) is 0 Å². The molecule has 8 heteroatoms. The molecular formula is C26H30ClN3O4. The van der Waals surface area contributed by atoms with Gasteiger partial charge in [0.25, 0.3) is 0 Å². The number of hydrogen-bond donors (Lipinski definition) is 4. The third-order valence-corrected chi connectivity index (χ3v) is 6.64. The van der Waals surface area contributed by atoms with E-state index < -0.39 is 18.4 Å². The zero-order chi connectivity index (χ0) is 24.1. The van der Waals surface area contributed by atoms with E-state index >= 15 is 0 Å². The quantitative estimate of drug-likeness (QED) is 0.336. The second-order valence-corrected chi connectivity index (χ2v) is 9.29. The fourth-order valence-corrected chi connectivity index (χ4v) is 4.85. The molecular weight excluding hydrogens is 454 g/mol. The summed E-state index contributed by atoms with van der Waals surface area (Å²) in [4.78, 5) is 25.1. The monoisotopic (exact) mass is 483 g/mol. The number of carbonyl (C=O) groups excluding carboxylic acids is 1. The van der Waals surface area contributed by atoms with Crippen LogP contribution < -0.4 is 10.6 Å². The summed E-state index contributed by atoms with van der Waals surface area (Å²) in [5, 5.41) is 28.4. The van der Waals surface area contributed by atoms with Crippen molar-refractivity contribution < 1.29 is 19.8 Å². The highest BCUT2D eigenvalue weighted by Crippen LogP contribution is 2.28. The van der Waals surface area contributed by atoms with Crippen LogP contribution in [0.15, 0.2) is 54.6 Å². The molecule has 0 aliphatic heterocycles. The van der Waals surface area contributed by atoms with E-state index in [0.29, 0.717) is 22.3 Å². The number of nitrogens with one attached hydrogen (secondary N) is 2. The lowest BCUT2D eigenvalue weighted by Crippen LogP contribution is -2.50. The van der Waals surface area contributed by atoms with Crippen LogP contribution in [0.2, 0.25) is 5.02 Å². The van der Waals surface area contributed by atoms with Crippen molar-refractivity contribution in [3.05, 3.63) is 70.9 Å². The molecule has 4 N–H and O–H groups in total. The van der Waals surface area contributed by atoms with E-state index in [1.165, 1.54) is 10.6 Å². The highest BCUT2D eigenvalue weighted by Gasteiger charge is 2.30. The number of nitrogens with zero attached hydrogens (tertiary/aromatic N) is 1. The Kier molecular flexibility index (Phi) is 7.88. The van der Waals surface area contributed by atoms with E-state index in [0.717, 1.165) is 37.7 Å². The molecule has 0 saturated heterocycles. The van der Waals surface area contributed by atoms with Crippen molar-refractivity contribution in [2.24, 2.45) is 0 Å². The van der Waals surface area contributed by atoms with Gasteiger partial charge in [0, 0.05) is 22.9 Å². The molecule has 1 amide bonds. The van der Waals surface area contributed by atoms with Crippen molar-refractivity contribution in [1.29, 1.82) is 0 Å². The lowest BCUT2D eigenvalue weighted by atomic mass is 9.95. The SMILES string of the molecule is O=C(CCc1ccccc1)NC(C(O)NC1CCCCC1)n1c(C(=O)O)cc2ccc(Cl)cc21. The minimum atomic E-state index is -1.18. The molecule has 2 atom stereocenters. The van der Waals surface area contributed by atoms with Gasteiger partial charge in [0.2, 0.25) is 5.91 Å². The first-order valence-corrected chi connectivity index (χ1v) is 12.1. The van der Waals surface area contributed by atoms with Crippen LogP contribution in [-0.4, -0.2) is 38.9 Å². The highest BCUT2D eigenvalue weighted by atomic mass is 35.5. The number of aromatic nitrogens is 1. The Bertz CT molecular complexity index is 1140. The van der Waals surface area contributed by atoms with Gasteiger partial charge in [0.15, 0.2) is 0 Å². The van der Waals surface area contributed by atoms with Gasteiger partial charge in [0.1, 0.15) is 18.1 Å². The van der Waals surface area contributed by atoms with Crippen LogP contribution in [0.4, 0.5) is 0 Å². The van der Waals surface area contributed by atoms with E-state index in [-0.39, 0.29) is 24.1 Å². The third kappa shape index (κ3) is 5.78. The Morgan fingerprint density at radius 1 is 1.06 bits per heavy atom. The Morgan fingerprint density at radius 2 is 1.79 bits per heavy atom. The third-order valence-electron chi connectivity index (χ3n) is 6.40. The first-order chi connectivity index (χ1) is 16.4. The molecule has 4 rings (SSSR count). The van der Waals surface area contributed by atoms with Gasteiger partial charge in [-0.15, -0.1) is 0 Å². The molecule has 0 spiro atoms. The Labute approximate surface area is 203 Å². The molecule has 1 aliphatic rings. The summed E-state index contributed by atoms with van der Waals surface area (Å²) in [7, 11) is 0. The van der Waals surface area contributed by atoms with Gasteiger partial charge in [-0.3, -0.25) is 10.1 Å². The largest absolute Gasteiger partial charge is 0.477 e. The van der Waals surface area contributed by atoms with Crippen molar-refractivity contribution in [1.82, 2.24) is 15.2 Å². The molecule has 34 heavy (non-hydrogen) atoms. The van der Waals surface area contributed by atoms with Gasteiger partial charge in [-0.05, 0) is 43.0 Å². The maximum atomic E-state index is 13.0. The van der Waals surface area contributed by atoms with Crippen molar-refractivity contribution in [3.63, 3.8) is 0 Å². The second kappa shape index (κ2) is 11.0. The number of benzene rings is 2. The Morgan fingerprint density at radius 3 is 2.50 bits per heavy atom. The van der Waals surface area contributed by atoms with Gasteiger partial charge in [-0.2, -0.15) is 0 Å². The molecule has 1 aromatic heterocycles. The molecule has 0 radical (unpaired) electrons. The minimum absolute atomic E-state index is 0.0323. The Balaban J connectivity index is 1.64. The van der Waals surface area contributed by atoms with E-state index in [1.54, 1.807) is 18.2 Å². The van der Waals surface area contributed by atoms with E-state index in [4.69, 9.17) is 11.6 Å². The summed E-state index contributed by atoms with van der Waals surface area (Å²) in [6.45, 7) is 0. The van der Waals surface area contributed by atoms with Gasteiger partial charge >= 0.3 is 5.97 Å². The average Bonchev–Trinajstić information content (AvgIpc) is 3.21. The molecule has 180 valence electrons. The van der Waals surface area contributed by atoms with Gasteiger partial charge in [-0.25, -0.2) is 4.79 Å². The van der Waals surface area contributed by atoms with Crippen LogP contribution in [0.1, 0.15) is 60.7 Å². The number of fused-ring (bicyclic) bond motifs is 1. The number of carboxylic acid groups (broad SMARTS) is 1. The number of aromatic carboxylic acids is 1. The molecule has 1 saturated carbocycles. The summed E-state index contributed by atoms with van der Waals surface area (Å²) in [5.41, 5.74) is 1.53. The first-order valence-electron chi connectivity index (χ1n) is 11.7. The number of aryl methyl sites for hydroxylation is 1. The van der Waals surface area contributed by atoms with Crippen molar-refractivity contribution in [2.75, 3.05) is 0 Å². The predicted molar refractivity (Wildman–Crippen MR) is 132 cm³/mol. The molecule has 1 fully saturated rings. The summed E-state index contributed by atoms with van der Waals surface area (Å²) in [6.07, 6.45) is 3.70. The number of aliphatic hydroxyl groups excluding tert-OH is 1. The summed E-state index contributed by atoms with van der Waals surface area (Å²) in [6, 6.07) is 16.4. The first kappa shape index (κ1) is 24.3. The predicted octanol–water partition coefficient (Wildman–Crippen LogP) is 4.48. The molecule has 7 nitrogen and oxygen atoms in total. The smallest absolute Gasteiger partial charge is 0.352 e. The van der Waals surface area contributed by atoms with Crippen LogP contribution >= 0.6 is 11.6 Å². The van der Waals surface area contributed by atoms with Crippen molar-refractivity contribution in [2.45, 2.75) is 63.4 Å². The maximum Gasteiger partial charge on any atom is 0.352 e. The zero-order valence-electron chi connectivity index (χ0n) is 18.9. The lowest BCUT2D eigenvalue weighted by molar-refractivity contribution is -0.124. The van der Waals surface area contributed by atoms with E-state index in [9.17, 15) is 19.8 Å². The number of rotatable bonds is 9. The van der Waals surface area contributed by atoms with Crippen LogP contribution in [0.25, 0.3) is 10.9 Å². The number of carbonyl (C=O) groups is 2. The highest BCUT2D eigenvalue weighted by molar-refractivity contribution is 6.31. The number of aliphatic hydroxyl groups is 1. The second-order valence-electron chi connectivity index (χ2n) is 8.85. The summed E-state index contributed by atoms with van der Waals surface area (Å²) >= 11 is 6.22. The maximum absolute atomic E-state index is 13.0. The average molecular weight is 484 g/mol. The van der Waals surface area contributed by atoms with Crippen LogP contribution in [0.3, 0.4) is 0 Å². The fourth-order valence-electron chi connectivity index (χ4n) is 4.68. The van der Waals surface area contributed by atoms with E-state index in [1.807, 2.05) is 30.3 Å². The normalized spacial score (nSPS) is 16.3. The fraction of sp³-hybridized carbons (Fsp3) is 0.385. The number of hydrogen-bond acceptors (Lipinski definition) is 4. The topological polar surface area (TPSA) is 104 Å². The number of amides is 1. The van der Waals surface area contributed by atoms with Gasteiger partial charge in [-0.1, -0.05) is 67.3 Å². The summed E-state index contributed by atoms with van der Waals surface area (Å²) < 4.78 is 1.46. The van der Waals surface area contributed by atoms with Gasteiger partial charge < -0.3 is 20.1 Å². The molecule has 1 heterocycles. The van der Waals surface area contributed by atoms with Crippen molar-refractivity contribution in [3.8, 4) is 0 Å². The van der Waals surface area contributed by atoms with E-state index in [2.05, 4.69) is 10.6 Å². The van der Waals surface area contributed by atoms with Crippen molar-refractivity contribution >= 4 is 34.4 Å². The minimum Gasteiger partial charge on any atom is -0.477 e. The van der Waals surface area contributed by atoms with Crippen LogP contribution in [0, 0.1) is 0 Å². The molecule has 3 aromatic rings. The molecule has 0 bridgehead atoms. The summed E-state index contributed by atoms with van der Waals surface area (Å²) in [5.74, 6) is -1.43. The van der Waals surface area contributed by atoms with Gasteiger partial charge in [0.05, 0.1) is 5.52 Å². The number of carboxylic acids is 1. The molecule has 2 aromatic carbocycles. The number of halogens is 1. The standard InChI is InChI=1S/C26H30ClN3O4/c27-19-13-12-18-15-22(26(33)34)30(21(18)16-19)24(25(32)28-20-9-5-2-6-10-20)29-23(31)14-11-17-7-3-1-4-8-17/h1,3-4,7-8,12-13,15-16,20,24-25,28,32H,2,5-6,9-11,14H2,(H,29,31)(H,33,34). The Hall–Kier alpha value is -2.87. The molecule has 1 aliphatic carbocycles.